The molecule has 2 aromatic rings. The Morgan fingerprint density at radius 3 is 3.00 bits per heavy atom. The summed E-state index contributed by atoms with van der Waals surface area (Å²) in [6.07, 6.45) is 3.02. The van der Waals surface area contributed by atoms with Crippen LogP contribution in [0.25, 0.3) is 0 Å². The van der Waals surface area contributed by atoms with Crippen LogP contribution in [-0.4, -0.2) is 35.4 Å². The smallest absolute Gasteiger partial charge is 0.261 e. The summed E-state index contributed by atoms with van der Waals surface area (Å²) < 4.78 is 11.4. The minimum Gasteiger partial charge on any atom is -0.490 e. The molecule has 25 heavy (non-hydrogen) atoms. The number of hydrogen-bond donors (Lipinski definition) is 1. The van der Waals surface area contributed by atoms with E-state index in [1.54, 1.807) is 12.1 Å². The van der Waals surface area contributed by atoms with Gasteiger partial charge in [-0.3, -0.25) is 10.1 Å². The molecule has 3 rings (SSSR count). The summed E-state index contributed by atoms with van der Waals surface area (Å²) in [4.78, 5) is 12.6. The van der Waals surface area contributed by atoms with Crippen LogP contribution in [0.2, 0.25) is 0 Å². The topological polar surface area (TPSA) is 73.3 Å². The Hall–Kier alpha value is -1.99. The normalized spacial score (nSPS) is 17.0. The van der Waals surface area contributed by atoms with Crippen LogP contribution < -0.4 is 10.1 Å². The molecule has 1 atom stereocenters. The van der Waals surface area contributed by atoms with Crippen molar-refractivity contribution in [3.05, 3.63) is 34.8 Å². The molecule has 0 radical (unpaired) electrons. The van der Waals surface area contributed by atoms with Crippen molar-refractivity contribution in [2.24, 2.45) is 5.92 Å². The van der Waals surface area contributed by atoms with E-state index in [2.05, 4.69) is 29.4 Å². The van der Waals surface area contributed by atoms with Gasteiger partial charge in [0.05, 0.1) is 11.7 Å². The lowest BCUT2D eigenvalue weighted by Gasteiger charge is -2.14. The molecular formula is C18H23N3O3S. The molecule has 1 aromatic heterocycles. The van der Waals surface area contributed by atoms with Crippen LogP contribution >= 0.6 is 11.3 Å². The van der Waals surface area contributed by atoms with Crippen molar-refractivity contribution in [2.45, 2.75) is 39.2 Å². The molecule has 1 aliphatic heterocycles. The Bertz CT molecular complexity index is 711. The lowest BCUT2D eigenvalue weighted by molar-refractivity contribution is 0.0673. The molecule has 1 amide bonds. The molecule has 1 fully saturated rings. The lowest BCUT2D eigenvalue weighted by atomic mass is 10.1. The first-order valence-corrected chi connectivity index (χ1v) is 9.40. The minimum atomic E-state index is -0.241. The summed E-state index contributed by atoms with van der Waals surface area (Å²) in [5.74, 6) is 0.820. The molecule has 1 aromatic carbocycles. The second-order valence-electron chi connectivity index (χ2n) is 6.50. The average molecular weight is 361 g/mol. The maximum Gasteiger partial charge on any atom is 0.261 e. The van der Waals surface area contributed by atoms with E-state index in [4.69, 9.17) is 9.47 Å². The van der Waals surface area contributed by atoms with Gasteiger partial charge in [0.2, 0.25) is 5.13 Å². The second kappa shape index (κ2) is 8.40. The van der Waals surface area contributed by atoms with Crippen molar-refractivity contribution < 1.29 is 14.3 Å². The van der Waals surface area contributed by atoms with Crippen LogP contribution in [0.1, 0.15) is 42.1 Å². The molecule has 1 aliphatic rings. The fraction of sp³-hybridized carbons (Fsp3) is 0.500. The first kappa shape index (κ1) is 17.8. The number of para-hydroxylation sites is 1. The highest BCUT2D eigenvalue weighted by atomic mass is 32.1. The van der Waals surface area contributed by atoms with E-state index in [-0.39, 0.29) is 12.0 Å². The number of benzene rings is 1. The van der Waals surface area contributed by atoms with Gasteiger partial charge < -0.3 is 9.47 Å². The summed E-state index contributed by atoms with van der Waals surface area (Å²) >= 11 is 1.41. The highest BCUT2D eigenvalue weighted by molar-refractivity contribution is 7.15. The van der Waals surface area contributed by atoms with E-state index >= 15 is 0 Å². The Labute approximate surface area is 151 Å². The molecule has 7 heteroatoms. The van der Waals surface area contributed by atoms with E-state index in [9.17, 15) is 4.79 Å². The molecule has 1 saturated heterocycles. The van der Waals surface area contributed by atoms with Gasteiger partial charge in [-0.2, -0.15) is 0 Å². The highest BCUT2D eigenvalue weighted by Gasteiger charge is 2.19. The maximum absolute atomic E-state index is 12.6. The molecule has 1 unspecified atom stereocenters. The van der Waals surface area contributed by atoms with E-state index in [1.165, 1.54) is 11.3 Å². The zero-order chi connectivity index (χ0) is 17.6. The van der Waals surface area contributed by atoms with Gasteiger partial charge in [-0.25, -0.2) is 0 Å². The summed E-state index contributed by atoms with van der Waals surface area (Å²) in [5, 5.41) is 12.4. The van der Waals surface area contributed by atoms with Gasteiger partial charge in [0.1, 0.15) is 17.4 Å². The number of carbonyl (C=O) groups excluding carboxylic acids is 1. The number of anilines is 1. The van der Waals surface area contributed by atoms with Gasteiger partial charge in [-0.05, 0) is 30.9 Å². The van der Waals surface area contributed by atoms with Gasteiger partial charge >= 0.3 is 0 Å². The first-order valence-electron chi connectivity index (χ1n) is 8.59. The summed E-state index contributed by atoms with van der Waals surface area (Å²) in [6, 6.07) is 7.22. The Kier molecular flexibility index (Phi) is 5.99. The molecule has 2 heterocycles. The highest BCUT2D eigenvalue weighted by Crippen LogP contribution is 2.23. The standard InChI is InChI=1S/C18H23N3O3S/c1-12(2)10-16-20-21-18(25-16)19-17(22)14-7-3-4-8-15(14)24-11-13-6-5-9-23-13/h3-4,7-8,12-13H,5-6,9-11H2,1-2H3,(H,19,21,22). The molecule has 6 nitrogen and oxygen atoms in total. The van der Waals surface area contributed by atoms with Crippen molar-refractivity contribution in [3.63, 3.8) is 0 Å². The van der Waals surface area contributed by atoms with E-state index < -0.39 is 0 Å². The van der Waals surface area contributed by atoms with E-state index in [0.717, 1.165) is 30.9 Å². The third-order valence-corrected chi connectivity index (χ3v) is 4.71. The van der Waals surface area contributed by atoms with Crippen LogP contribution in [-0.2, 0) is 11.2 Å². The van der Waals surface area contributed by atoms with Gasteiger partial charge in [0.25, 0.3) is 5.91 Å². The van der Waals surface area contributed by atoms with Crippen LogP contribution in [0.4, 0.5) is 5.13 Å². The third kappa shape index (κ3) is 4.99. The van der Waals surface area contributed by atoms with Gasteiger partial charge in [0.15, 0.2) is 0 Å². The number of amides is 1. The summed E-state index contributed by atoms with van der Waals surface area (Å²) in [7, 11) is 0. The fourth-order valence-corrected chi connectivity index (χ4v) is 3.59. The van der Waals surface area contributed by atoms with Crippen molar-refractivity contribution in [1.82, 2.24) is 10.2 Å². The first-order chi connectivity index (χ1) is 12.1. The Morgan fingerprint density at radius 2 is 2.24 bits per heavy atom. The quantitative estimate of drug-likeness (QED) is 0.816. The number of hydrogen-bond acceptors (Lipinski definition) is 6. The number of aromatic nitrogens is 2. The maximum atomic E-state index is 12.6. The largest absolute Gasteiger partial charge is 0.490 e. The zero-order valence-corrected chi connectivity index (χ0v) is 15.3. The van der Waals surface area contributed by atoms with Crippen LogP contribution in [0.5, 0.6) is 5.75 Å². The average Bonchev–Trinajstić information content (AvgIpc) is 3.24. The van der Waals surface area contributed by atoms with Crippen molar-refractivity contribution >= 4 is 22.4 Å². The number of nitrogens with zero attached hydrogens (tertiary/aromatic N) is 2. The molecular weight excluding hydrogens is 338 g/mol. The molecule has 134 valence electrons. The van der Waals surface area contributed by atoms with Crippen LogP contribution in [0, 0.1) is 5.92 Å². The Balaban J connectivity index is 1.64. The summed E-state index contributed by atoms with van der Waals surface area (Å²) in [6.45, 7) is 5.50. The number of carbonyl (C=O) groups is 1. The lowest BCUT2D eigenvalue weighted by Crippen LogP contribution is -2.19. The molecule has 0 spiro atoms. The van der Waals surface area contributed by atoms with Crippen molar-refractivity contribution in [1.29, 1.82) is 0 Å². The van der Waals surface area contributed by atoms with E-state index in [0.29, 0.717) is 29.0 Å². The van der Waals surface area contributed by atoms with Crippen LogP contribution in [0.3, 0.4) is 0 Å². The number of nitrogens with one attached hydrogen (secondary N) is 1. The zero-order valence-electron chi connectivity index (χ0n) is 14.5. The Morgan fingerprint density at radius 1 is 1.40 bits per heavy atom. The molecule has 1 N–H and O–H groups in total. The summed E-state index contributed by atoms with van der Waals surface area (Å²) in [5.41, 5.74) is 0.487. The van der Waals surface area contributed by atoms with Gasteiger partial charge in [-0.1, -0.05) is 37.3 Å². The van der Waals surface area contributed by atoms with E-state index in [1.807, 2.05) is 12.1 Å². The second-order valence-corrected chi connectivity index (χ2v) is 7.56. The third-order valence-electron chi connectivity index (χ3n) is 3.85. The number of ether oxygens (including phenoxy) is 2. The van der Waals surface area contributed by atoms with Crippen molar-refractivity contribution in [3.8, 4) is 5.75 Å². The van der Waals surface area contributed by atoms with Gasteiger partial charge in [0, 0.05) is 13.0 Å². The predicted molar refractivity (Wildman–Crippen MR) is 97.3 cm³/mol. The number of rotatable bonds is 7. The fourth-order valence-electron chi connectivity index (χ4n) is 2.64. The molecule has 0 aliphatic carbocycles. The monoisotopic (exact) mass is 361 g/mol. The minimum absolute atomic E-state index is 0.109. The predicted octanol–water partition coefficient (Wildman–Crippen LogP) is 3.55. The SMILES string of the molecule is CC(C)Cc1nnc(NC(=O)c2ccccc2OCC2CCCO2)s1. The molecule has 0 saturated carbocycles. The van der Waals surface area contributed by atoms with Crippen LogP contribution in [0.15, 0.2) is 24.3 Å². The van der Waals surface area contributed by atoms with Crippen molar-refractivity contribution in [2.75, 3.05) is 18.5 Å². The van der Waals surface area contributed by atoms with Gasteiger partial charge in [-0.15, -0.1) is 10.2 Å². The molecule has 0 bridgehead atoms.